The third-order valence-corrected chi connectivity index (χ3v) is 5.43. The van der Waals surface area contributed by atoms with E-state index in [9.17, 15) is 28.8 Å². The topological polar surface area (TPSA) is 145 Å². The Balaban J connectivity index is 1.72. The highest BCUT2D eigenvalue weighted by Gasteiger charge is 2.39. The van der Waals surface area contributed by atoms with Crippen LogP contribution in [0.5, 0.6) is 0 Å². The highest BCUT2D eigenvalue weighted by molar-refractivity contribution is 6.16. The van der Waals surface area contributed by atoms with Crippen LogP contribution in [0.15, 0.2) is 77.2 Å². The van der Waals surface area contributed by atoms with E-state index in [1.165, 1.54) is 0 Å². The van der Waals surface area contributed by atoms with Gasteiger partial charge in [-0.1, -0.05) is 30.3 Å². The van der Waals surface area contributed by atoms with Crippen molar-refractivity contribution in [2.75, 3.05) is 0 Å². The van der Waals surface area contributed by atoms with E-state index in [-0.39, 0.29) is 11.1 Å². The normalized spacial score (nSPS) is 18.3. The second-order valence-electron chi connectivity index (χ2n) is 7.62. The molecule has 6 amide bonds. The summed E-state index contributed by atoms with van der Waals surface area (Å²) in [5.74, 6) is -5.34. The average Bonchev–Trinajstić information content (AvgIpc) is 3.29. The number of nitrogens with one attached hydrogen (secondary N) is 3. The lowest BCUT2D eigenvalue weighted by atomic mass is 9.80. The lowest BCUT2D eigenvalue weighted by molar-refractivity contribution is -0.145. The fourth-order valence-electron chi connectivity index (χ4n) is 3.92. The number of dihydropyridines is 1. The lowest BCUT2D eigenvalue weighted by Crippen LogP contribution is -2.50. The first-order chi connectivity index (χ1) is 16.2. The average molecular weight is 461 g/mol. The van der Waals surface area contributed by atoms with Crippen molar-refractivity contribution in [1.82, 2.24) is 26.2 Å². The van der Waals surface area contributed by atoms with Gasteiger partial charge in [0.2, 0.25) is 0 Å². The van der Waals surface area contributed by atoms with Gasteiger partial charge >= 0.3 is 0 Å². The summed E-state index contributed by atoms with van der Waals surface area (Å²) in [5, 5.41) is 4.11. The Kier molecular flexibility index (Phi) is 5.68. The van der Waals surface area contributed by atoms with Crippen LogP contribution in [0.3, 0.4) is 0 Å². The maximum atomic E-state index is 13.3. The van der Waals surface area contributed by atoms with Crippen molar-refractivity contribution in [3.05, 3.63) is 82.7 Å². The Morgan fingerprint density at radius 2 is 1.09 bits per heavy atom. The summed E-state index contributed by atoms with van der Waals surface area (Å²) in [7, 11) is 0. The molecule has 0 saturated carbocycles. The van der Waals surface area contributed by atoms with Gasteiger partial charge < -0.3 is 5.32 Å². The molecular weight excluding hydrogens is 442 g/mol. The summed E-state index contributed by atoms with van der Waals surface area (Å²) in [6.07, 6.45) is 4.11. The van der Waals surface area contributed by atoms with Crippen LogP contribution >= 0.6 is 0 Å². The molecule has 34 heavy (non-hydrogen) atoms. The summed E-state index contributed by atoms with van der Waals surface area (Å²) in [6.45, 7) is 3.23. The highest BCUT2D eigenvalue weighted by atomic mass is 16.2. The number of carbonyl (C=O) groups is 6. The van der Waals surface area contributed by atoms with Gasteiger partial charge in [-0.3, -0.25) is 39.6 Å². The molecule has 11 nitrogen and oxygen atoms in total. The SMILES string of the molecule is CC1=C(C(=O)NN2C(=O)C=CC2=O)C(c2ccccc2)C(C(=O)NN2C(=O)C=CC2=O)=C(C)N1. The standard InChI is InChI=1S/C23H19N5O6/c1-12-19(22(33)25-27-15(29)8-9-16(27)30)21(14-6-4-3-5-7-14)20(13(2)24-12)23(34)26-28-17(31)10-11-18(28)32/h3-11,21,24H,1-2H3,(H,25,33)(H,26,34). The van der Waals surface area contributed by atoms with Crippen LogP contribution in [-0.4, -0.2) is 45.5 Å². The first-order valence-corrected chi connectivity index (χ1v) is 10.2. The molecule has 0 saturated heterocycles. The van der Waals surface area contributed by atoms with Gasteiger partial charge in [0.05, 0.1) is 0 Å². The van der Waals surface area contributed by atoms with Gasteiger partial charge in [0.15, 0.2) is 0 Å². The molecule has 172 valence electrons. The van der Waals surface area contributed by atoms with Crippen molar-refractivity contribution in [3.63, 3.8) is 0 Å². The predicted molar refractivity (Wildman–Crippen MR) is 116 cm³/mol. The second kappa shape index (κ2) is 8.62. The summed E-state index contributed by atoms with van der Waals surface area (Å²) in [6, 6.07) is 8.62. The van der Waals surface area contributed by atoms with Gasteiger partial charge in [-0.2, -0.15) is 10.0 Å². The van der Waals surface area contributed by atoms with E-state index < -0.39 is 41.4 Å². The van der Waals surface area contributed by atoms with Crippen LogP contribution in [0.25, 0.3) is 0 Å². The first kappa shape index (κ1) is 22.4. The quantitative estimate of drug-likeness (QED) is 0.517. The molecule has 0 atom stereocenters. The van der Waals surface area contributed by atoms with E-state index in [0.29, 0.717) is 27.0 Å². The molecule has 1 aromatic rings. The molecule has 0 spiro atoms. The fraction of sp³-hybridized carbons (Fsp3) is 0.130. The molecule has 0 fully saturated rings. The summed E-state index contributed by atoms with van der Waals surface area (Å²) < 4.78 is 0. The maximum Gasteiger partial charge on any atom is 0.272 e. The minimum atomic E-state index is -0.941. The number of amides is 6. The molecule has 0 aromatic heterocycles. The van der Waals surface area contributed by atoms with Crippen molar-refractivity contribution in [2.24, 2.45) is 0 Å². The summed E-state index contributed by atoms with van der Waals surface area (Å²) >= 11 is 0. The largest absolute Gasteiger partial charge is 0.362 e. The van der Waals surface area contributed by atoms with Crippen LogP contribution in [0.4, 0.5) is 0 Å². The minimum Gasteiger partial charge on any atom is -0.362 e. The molecule has 11 heteroatoms. The van der Waals surface area contributed by atoms with Crippen LogP contribution in [0.2, 0.25) is 0 Å². The van der Waals surface area contributed by atoms with Crippen molar-refractivity contribution in [3.8, 4) is 0 Å². The lowest BCUT2D eigenvalue weighted by Gasteiger charge is -2.32. The molecule has 1 aromatic carbocycles. The third-order valence-electron chi connectivity index (χ3n) is 5.43. The number of hydrogen-bond donors (Lipinski definition) is 3. The Morgan fingerprint density at radius 1 is 0.706 bits per heavy atom. The third kappa shape index (κ3) is 3.90. The Hall–Kier alpha value is -4.80. The van der Waals surface area contributed by atoms with E-state index >= 15 is 0 Å². The Morgan fingerprint density at radius 3 is 1.47 bits per heavy atom. The van der Waals surface area contributed by atoms with E-state index in [2.05, 4.69) is 16.2 Å². The highest BCUT2D eigenvalue weighted by Crippen LogP contribution is 2.38. The van der Waals surface area contributed by atoms with E-state index in [1.54, 1.807) is 44.2 Å². The Labute approximate surface area is 193 Å². The van der Waals surface area contributed by atoms with E-state index in [0.717, 1.165) is 24.3 Å². The van der Waals surface area contributed by atoms with E-state index in [1.807, 2.05) is 0 Å². The van der Waals surface area contributed by atoms with Gasteiger partial charge in [-0.25, -0.2) is 0 Å². The number of hydrazine groups is 2. The van der Waals surface area contributed by atoms with Gasteiger partial charge in [0.1, 0.15) is 0 Å². The van der Waals surface area contributed by atoms with Crippen molar-refractivity contribution in [2.45, 2.75) is 19.8 Å². The fourth-order valence-corrected chi connectivity index (χ4v) is 3.92. The second-order valence-corrected chi connectivity index (χ2v) is 7.62. The van der Waals surface area contributed by atoms with Gasteiger partial charge in [0, 0.05) is 52.8 Å². The zero-order valence-electron chi connectivity index (χ0n) is 18.1. The zero-order chi connectivity index (χ0) is 24.6. The number of nitrogens with zero attached hydrogens (tertiary/aromatic N) is 2. The number of carbonyl (C=O) groups excluding carboxylic acids is 6. The Bertz CT molecular complexity index is 1160. The predicted octanol–water partition coefficient (Wildman–Crippen LogP) is -0.166. The number of imide groups is 2. The van der Waals surface area contributed by atoms with Crippen molar-refractivity contribution < 1.29 is 28.8 Å². The van der Waals surface area contributed by atoms with Gasteiger partial charge in [-0.05, 0) is 19.4 Å². The molecule has 0 bridgehead atoms. The van der Waals surface area contributed by atoms with Crippen molar-refractivity contribution >= 4 is 35.4 Å². The molecule has 0 aliphatic carbocycles. The minimum absolute atomic E-state index is 0.0756. The van der Waals surface area contributed by atoms with Crippen LogP contribution in [-0.2, 0) is 28.8 Å². The van der Waals surface area contributed by atoms with Gasteiger partial charge in [0.25, 0.3) is 35.4 Å². The maximum absolute atomic E-state index is 13.3. The van der Waals surface area contributed by atoms with Crippen LogP contribution in [0.1, 0.15) is 25.3 Å². The number of allylic oxidation sites excluding steroid dienone is 2. The zero-order valence-corrected chi connectivity index (χ0v) is 18.1. The summed E-state index contributed by atoms with van der Waals surface area (Å²) in [4.78, 5) is 74.3. The number of benzene rings is 1. The molecule has 0 unspecified atom stereocenters. The van der Waals surface area contributed by atoms with Crippen LogP contribution in [0, 0.1) is 0 Å². The molecule has 3 heterocycles. The molecule has 0 radical (unpaired) electrons. The molecule has 3 aliphatic heterocycles. The molecule has 3 N–H and O–H groups in total. The monoisotopic (exact) mass is 461 g/mol. The first-order valence-electron chi connectivity index (χ1n) is 10.2. The van der Waals surface area contributed by atoms with Gasteiger partial charge in [-0.15, -0.1) is 0 Å². The molecule has 4 rings (SSSR count). The number of hydrogen-bond acceptors (Lipinski definition) is 7. The molecular formula is C23H19N5O6. The van der Waals surface area contributed by atoms with E-state index in [4.69, 9.17) is 0 Å². The molecule has 3 aliphatic rings. The smallest absolute Gasteiger partial charge is 0.272 e. The summed E-state index contributed by atoms with van der Waals surface area (Å²) in [5.41, 5.74) is 6.08. The van der Waals surface area contributed by atoms with Crippen LogP contribution < -0.4 is 16.2 Å². The number of rotatable bonds is 5. The van der Waals surface area contributed by atoms with Crippen molar-refractivity contribution in [1.29, 1.82) is 0 Å².